The van der Waals surface area contributed by atoms with E-state index in [0.29, 0.717) is 6.67 Å². The van der Waals surface area contributed by atoms with Crippen molar-refractivity contribution in [3.05, 3.63) is 0 Å². The highest BCUT2D eigenvalue weighted by atomic mass is 16.2. The highest BCUT2D eigenvalue weighted by Gasteiger charge is 2.46. The Labute approximate surface area is 77.7 Å². The van der Waals surface area contributed by atoms with Crippen LogP contribution in [0, 0.1) is 0 Å². The van der Waals surface area contributed by atoms with E-state index >= 15 is 0 Å². The van der Waals surface area contributed by atoms with Gasteiger partial charge in [-0.2, -0.15) is 0 Å². The average Bonchev–Trinajstić information content (AvgIpc) is 2.13. The Balaban J connectivity index is 2.82. The van der Waals surface area contributed by atoms with Gasteiger partial charge in [0, 0.05) is 0 Å². The maximum Gasteiger partial charge on any atom is 0.329 e. The van der Waals surface area contributed by atoms with Crippen LogP contribution in [-0.2, 0) is 4.79 Å². The van der Waals surface area contributed by atoms with E-state index in [1.54, 1.807) is 18.7 Å². The molecule has 2 N–H and O–H groups in total. The number of hydrogen-bond donors (Lipinski definition) is 2. The molecule has 3 amide bonds. The lowest BCUT2D eigenvalue weighted by Crippen LogP contribution is -3.08. The van der Waals surface area contributed by atoms with Gasteiger partial charge in [0.15, 0.2) is 6.67 Å². The normalized spacial score (nSPS) is 21.2. The van der Waals surface area contributed by atoms with E-state index in [0.717, 1.165) is 4.90 Å². The first kappa shape index (κ1) is 9.98. The highest BCUT2D eigenvalue weighted by Crippen LogP contribution is 2.18. The first-order valence-electron chi connectivity index (χ1n) is 4.28. The number of nitrogens with one attached hydrogen (secondary N) is 2. The Bertz CT molecular complexity index is 248. The number of amides is 3. The van der Waals surface area contributed by atoms with Gasteiger partial charge in [0.1, 0.15) is 5.54 Å². The lowest BCUT2D eigenvalue weighted by molar-refractivity contribution is -0.868. The summed E-state index contributed by atoms with van der Waals surface area (Å²) >= 11 is 0. The Morgan fingerprint density at radius 2 is 1.92 bits per heavy atom. The second-order valence-electron chi connectivity index (χ2n) is 4.11. The number of carbonyl (C=O) groups is 2. The molecule has 0 unspecified atom stereocenters. The van der Waals surface area contributed by atoms with Crippen LogP contribution in [0.15, 0.2) is 0 Å². The van der Waals surface area contributed by atoms with E-state index in [-0.39, 0.29) is 11.9 Å². The molecule has 1 saturated heterocycles. The zero-order valence-electron chi connectivity index (χ0n) is 8.47. The summed E-state index contributed by atoms with van der Waals surface area (Å²) in [5.41, 5.74) is -0.714. The predicted molar refractivity (Wildman–Crippen MR) is 47.1 cm³/mol. The van der Waals surface area contributed by atoms with Crippen LogP contribution in [-0.4, -0.2) is 43.1 Å². The zero-order chi connectivity index (χ0) is 10.2. The van der Waals surface area contributed by atoms with Crippen molar-refractivity contribution in [3.8, 4) is 0 Å². The van der Waals surface area contributed by atoms with Crippen LogP contribution in [0.1, 0.15) is 13.8 Å². The van der Waals surface area contributed by atoms with Crippen LogP contribution in [0.25, 0.3) is 0 Å². The maximum atomic E-state index is 11.3. The van der Waals surface area contributed by atoms with E-state index in [2.05, 4.69) is 5.32 Å². The summed E-state index contributed by atoms with van der Waals surface area (Å²) in [4.78, 5) is 25.3. The standard InChI is InChI=1S/C8H15N3O2/c1-8(2)6(12)9-7(13)11(8)5-10(3)4/h5H2,1-4H3,(H,9,12,13)/p+1. The molecule has 0 saturated carbocycles. The smallest absolute Gasteiger partial charge is 0.323 e. The van der Waals surface area contributed by atoms with Crippen molar-refractivity contribution in [1.82, 2.24) is 10.2 Å². The molecule has 0 spiro atoms. The molecular formula is C8H16N3O2+. The number of imide groups is 1. The third-order valence-electron chi connectivity index (χ3n) is 2.17. The first-order chi connectivity index (χ1) is 5.85. The number of carbonyl (C=O) groups excluding carboxylic acids is 2. The van der Waals surface area contributed by atoms with Crippen LogP contribution in [0.3, 0.4) is 0 Å². The lowest BCUT2D eigenvalue weighted by atomic mass is 10.1. The van der Waals surface area contributed by atoms with Crippen LogP contribution < -0.4 is 10.2 Å². The molecule has 0 radical (unpaired) electrons. The molecule has 0 atom stereocenters. The van der Waals surface area contributed by atoms with Gasteiger partial charge in [-0.25, -0.2) is 4.79 Å². The van der Waals surface area contributed by atoms with Crippen LogP contribution >= 0.6 is 0 Å². The molecular weight excluding hydrogens is 170 g/mol. The number of hydrogen-bond acceptors (Lipinski definition) is 2. The molecule has 13 heavy (non-hydrogen) atoms. The van der Waals surface area contributed by atoms with Crippen LogP contribution in [0.4, 0.5) is 4.79 Å². The topological polar surface area (TPSA) is 53.9 Å². The molecule has 1 fully saturated rings. The Kier molecular flexibility index (Phi) is 2.30. The number of urea groups is 1. The van der Waals surface area contributed by atoms with Crippen molar-refractivity contribution in [2.24, 2.45) is 0 Å². The largest absolute Gasteiger partial charge is 0.329 e. The van der Waals surface area contributed by atoms with Gasteiger partial charge in [-0.3, -0.25) is 15.0 Å². The monoisotopic (exact) mass is 186 g/mol. The number of quaternary nitrogens is 1. The first-order valence-corrected chi connectivity index (χ1v) is 4.28. The third-order valence-corrected chi connectivity index (χ3v) is 2.17. The molecule has 0 aromatic rings. The highest BCUT2D eigenvalue weighted by molar-refractivity contribution is 6.06. The molecule has 1 rings (SSSR count). The summed E-state index contributed by atoms with van der Waals surface area (Å²) in [5.74, 6) is -0.223. The predicted octanol–water partition coefficient (Wildman–Crippen LogP) is -1.58. The minimum absolute atomic E-state index is 0.223. The lowest BCUT2D eigenvalue weighted by Gasteiger charge is -2.28. The fourth-order valence-electron chi connectivity index (χ4n) is 1.28. The van der Waals surface area contributed by atoms with Gasteiger partial charge in [-0.15, -0.1) is 0 Å². The minimum Gasteiger partial charge on any atom is -0.323 e. The van der Waals surface area contributed by atoms with Crippen molar-refractivity contribution in [2.45, 2.75) is 19.4 Å². The summed E-state index contributed by atoms with van der Waals surface area (Å²) < 4.78 is 0. The molecule has 5 heteroatoms. The van der Waals surface area contributed by atoms with Crippen molar-refractivity contribution >= 4 is 11.9 Å². The maximum absolute atomic E-state index is 11.3. The van der Waals surface area contributed by atoms with E-state index in [9.17, 15) is 9.59 Å². The molecule has 1 heterocycles. The van der Waals surface area contributed by atoms with Crippen molar-refractivity contribution < 1.29 is 14.5 Å². The van der Waals surface area contributed by atoms with E-state index < -0.39 is 5.54 Å². The van der Waals surface area contributed by atoms with E-state index in [1.165, 1.54) is 0 Å². The molecule has 0 aliphatic carbocycles. The average molecular weight is 186 g/mol. The van der Waals surface area contributed by atoms with Gasteiger partial charge in [0.05, 0.1) is 14.1 Å². The fraction of sp³-hybridized carbons (Fsp3) is 0.750. The molecule has 74 valence electrons. The van der Waals surface area contributed by atoms with Crippen molar-refractivity contribution in [1.29, 1.82) is 0 Å². The summed E-state index contributed by atoms with van der Waals surface area (Å²) in [6.07, 6.45) is 0. The van der Waals surface area contributed by atoms with E-state index in [4.69, 9.17) is 0 Å². The van der Waals surface area contributed by atoms with Gasteiger partial charge in [0.25, 0.3) is 5.91 Å². The SMILES string of the molecule is C[NH+](C)CN1C(=O)NC(=O)C1(C)C. The summed E-state index contributed by atoms with van der Waals surface area (Å²) in [6, 6.07) is -0.295. The molecule has 0 bridgehead atoms. The molecule has 5 nitrogen and oxygen atoms in total. The molecule has 0 aromatic heterocycles. The van der Waals surface area contributed by atoms with Gasteiger partial charge >= 0.3 is 6.03 Å². The minimum atomic E-state index is -0.714. The van der Waals surface area contributed by atoms with Gasteiger partial charge < -0.3 is 4.90 Å². The third kappa shape index (κ3) is 1.65. The number of nitrogens with zero attached hydrogens (tertiary/aromatic N) is 1. The summed E-state index contributed by atoms with van der Waals surface area (Å²) in [7, 11) is 3.87. The van der Waals surface area contributed by atoms with Crippen molar-refractivity contribution in [2.75, 3.05) is 20.8 Å². The molecule has 1 aliphatic rings. The second kappa shape index (κ2) is 2.99. The molecule has 0 aromatic carbocycles. The van der Waals surface area contributed by atoms with Gasteiger partial charge in [-0.1, -0.05) is 0 Å². The summed E-state index contributed by atoms with van der Waals surface area (Å²) in [6.45, 7) is 4.02. The zero-order valence-corrected chi connectivity index (χ0v) is 8.47. The van der Waals surface area contributed by atoms with Gasteiger partial charge in [0.2, 0.25) is 0 Å². The quantitative estimate of drug-likeness (QED) is 0.511. The Morgan fingerprint density at radius 1 is 1.38 bits per heavy atom. The van der Waals surface area contributed by atoms with Crippen molar-refractivity contribution in [3.63, 3.8) is 0 Å². The Morgan fingerprint density at radius 3 is 2.23 bits per heavy atom. The van der Waals surface area contributed by atoms with Crippen LogP contribution in [0.5, 0.6) is 0 Å². The number of rotatable bonds is 2. The van der Waals surface area contributed by atoms with Gasteiger partial charge in [-0.05, 0) is 13.8 Å². The molecule has 1 aliphatic heterocycles. The Hall–Kier alpha value is -1.10. The fourth-order valence-corrected chi connectivity index (χ4v) is 1.28. The second-order valence-corrected chi connectivity index (χ2v) is 4.11. The van der Waals surface area contributed by atoms with E-state index in [1.807, 2.05) is 14.1 Å². The van der Waals surface area contributed by atoms with Crippen LogP contribution in [0.2, 0.25) is 0 Å². The summed E-state index contributed by atoms with van der Waals surface area (Å²) in [5, 5.41) is 2.30.